The number of primary sulfonamides is 1. The largest absolute Gasteiger partial charge is 0.381 e. The van der Waals surface area contributed by atoms with Crippen LogP contribution in [0.15, 0.2) is 71.8 Å². The zero-order valence-electron chi connectivity index (χ0n) is 17.0. The maximum Gasteiger partial charge on any atom is 0.238 e. The molecule has 7 nitrogen and oxygen atoms in total. The molecular formula is C23H17ClFN5O2S. The van der Waals surface area contributed by atoms with Crippen molar-refractivity contribution in [2.75, 3.05) is 10.6 Å². The summed E-state index contributed by atoms with van der Waals surface area (Å²) in [6.07, 6.45) is 1.46. The Kier molecular flexibility index (Phi) is 6.16. The number of rotatable bonds is 6. The minimum absolute atomic E-state index is 0.0348. The van der Waals surface area contributed by atoms with E-state index in [1.807, 2.05) is 12.1 Å². The van der Waals surface area contributed by atoms with E-state index in [1.54, 1.807) is 18.2 Å². The van der Waals surface area contributed by atoms with Crippen LogP contribution < -0.4 is 15.8 Å². The molecule has 0 unspecified atom stereocenters. The average molecular weight is 482 g/mol. The van der Waals surface area contributed by atoms with Gasteiger partial charge in [0.25, 0.3) is 0 Å². The smallest absolute Gasteiger partial charge is 0.238 e. The number of benzene rings is 3. The highest BCUT2D eigenvalue weighted by Gasteiger charge is 2.12. The first-order valence-corrected chi connectivity index (χ1v) is 11.6. The molecule has 0 aliphatic heterocycles. The van der Waals surface area contributed by atoms with Crippen LogP contribution >= 0.6 is 11.6 Å². The molecule has 10 heteroatoms. The van der Waals surface area contributed by atoms with Crippen molar-refractivity contribution in [1.82, 2.24) is 4.98 Å². The number of aromatic nitrogens is 1. The molecule has 0 spiro atoms. The number of fused-ring (bicyclic) bond motifs is 1. The molecule has 0 bridgehead atoms. The Balaban J connectivity index is 1.67. The van der Waals surface area contributed by atoms with Gasteiger partial charge < -0.3 is 10.6 Å². The molecule has 33 heavy (non-hydrogen) atoms. The lowest BCUT2D eigenvalue weighted by Crippen LogP contribution is -2.12. The Labute approximate surface area is 194 Å². The first-order chi connectivity index (χ1) is 15.7. The van der Waals surface area contributed by atoms with E-state index < -0.39 is 15.8 Å². The Morgan fingerprint density at radius 2 is 1.88 bits per heavy atom. The molecule has 0 amide bonds. The van der Waals surface area contributed by atoms with Gasteiger partial charge in [-0.1, -0.05) is 23.7 Å². The third-order valence-electron chi connectivity index (χ3n) is 4.90. The molecule has 0 saturated carbocycles. The molecule has 3 aromatic carbocycles. The maximum absolute atomic E-state index is 13.5. The van der Waals surface area contributed by atoms with Crippen LogP contribution in [0.1, 0.15) is 11.1 Å². The van der Waals surface area contributed by atoms with Gasteiger partial charge in [0.15, 0.2) is 0 Å². The number of nitriles is 1. The van der Waals surface area contributed by atoms with E-state index in [9.17, 15) is 18.1 Å². The molecule has 0 fully saturated rings. The maximum atomic E-state index is 13.5. The first-order valence-electron chi connectivity index (χ1n) is 9.65. The lowest BCUT2D eigenvalue weighted by Gasteiger charge is -2.14. The summed E-state index contributed by atoms with van der Waals surface area (Å²) in [5.74, 6) is -0.541. The predicted molar refractivity (Wildman–Crippen MR) is 126 cm³/mol. The second-order valence-electron chi connectivity index (χ2n) is 7.19. The van der Waals surface area contributed by atoms with E-state index in [2.05, 4.69) is 21.7 Å². The number of hydrogen-bond acceptors (Lipinski definition) is 6. The first kappa shape index (κ1) is 22.5. The summed E-state index contributed by atoms with van der Waals surface area (Å²) in [6.45, 7) is 0.344. The van der Waals surface area contributed by atoms with E-state index in [0.29, 0.717) is 34.4 Å². The van der Waals surface area contributed by atoms with Gasteiger partial charge in [-0.3, -0.25) is 4.98 Å². The number of sulfonamides is 1. The SMILES string of the molecule is N#Cc1cnc2ccc(NCc3cccc(S(N)(=O)=O)c3)cc2c1Nc1ccc(F)c(Cl)c1. The summed E-state index contributed by atoms with van der Waals surface area (Å²) in [7, 11) is -3.79. The van der Waals surface area contributed by atoms with Gasteiger partial charge in [-0.2, -0.15) is 5.26 Å². The van der Waals surface area contributed by atoms with Crippen LogP contribution in [0.5, 0.6) is 0 Å². The van der Waals surface area contributed by atoms with Crippen LogP contribution in [-0.2, 0) is 16.6 Å². The number of nitrogens with zero attached hydrogens (tertiary/aromatic N) is 2. The van der Waals surface area contributed by atoms with Crippen LogP contribution in [0.4, 0.5) is 21.5 Å². The zero-order chi connectivity index (χ0) is 23.6. The lowest BCUT2D eigenvalue weighted by molar-refractivity contribution is 0.597. The Hall–Kier alpha value is -3.71. The molecule has 0 radical (unpaired) electrons. The van der Waals surface area contributed by atoms with Gasteiger partial charge >= 0.3 is 0 Å². The van der Waals surface area contributed by atoms with Crippen LogP contribution in [0, 0.1) is 17.1 Å². The van der Waals surface area contributed by atoms with Crippen molar-refractivity contribution < 1.29 is 12.8 Å². The lowest BCUT2D eigenvalue weighted by atomic mass is 10.1. The Morgan fingerprint density at radius 3 is 2.61 bits per heavy atom. The fraction of sp³-hybridized carbons (Fsp3) is 0.0435. The van der Waals surface area contributed by atoms with E-state index in [-0.39, 0.29) is 9.92 Å². The number of pyridine rings is 1. The number of nitrogens with two attached hydrogens (primary N) is 1. The standard InChI is InChI=1S/C23H17ClFN5O2S/c24-20-10-17(4-6-21(20)25)30-23-15(11-26)13-29-22-7-5-16(9-19(22)23)28-12-14-2-1-3-18(8-14)33(27,31)32/h1-10,13,28H,12H2,(H,29,30)(H2,27,31,32). The summed E-state index contributed by atoms with van der Waals surface area (Å²) in [4.78, 5) is 4.36. The molecule has 4 N–H and O–H groups in total. The van der Waals surface area contributed by atoms with E-state index >= 15 is 0 Å². The number of anilines is 3. The van der Waals surface area contributed by atoms with Gasteiger partial charge in [0, 0.05) is 29.5 Å². The fourth-order valence-electron chi connectivity index (χ4n) is 3.28. The van der Waals surface area contributed by atoms with E-state index in [4.69, 9.17) is 16.7 Å². The number of nitrogens with one attached hydrogen (secondary N) is 2. The predicted octanol–water partition coefficient (Wildman–Crippen LogP) is 4.90. The molecule has 4 aromatic rings. The van der Waals surface area contributed by atoms with E-state index in [1.165, 1.54) is 36.5 Å². The molecule has 0 atom stereocenters. The Morgan fingerprint density at radius 1 is 1.09 bits per heavy atom. The molecule has 0 aliphatic rings. The van der Waals surface area contributed by atoms with Crippen molar-refractivity contribution >= 4 is 49.6 Å². The topological polar surface area (TPSA) is 121 Å². The molecule has 0 saturated heterocycles. The van der Waals surface area contributed by atoms with E-state index in [0.717, 1.165) is 11.3 Å². The van der Waals surface area contributed by atoms with Gasteiger partial charge in [0.1, 0.15) is 11.9 Å². The second kappa shape index (κ2) is 9.03. The Bertz CT molecular complexity index is 1520. The van der Waals surface area contributed by atoms with Gasteiger partial charge in [-0.05, 0) is 54.1 Å². The molecule has 0 aliphatic carbocycles. The number of hydrogen-bond donors (Lipinski definition) is 3. The van der Waals surface area contributed by atoms with Crippen LogP contribution in [0.3, 0.4) is 0 Å². The minimum atomic E-state index is -3.79. The highest BCUT2D eigenvalue weighted by molar-refractivity contribution is 7.89. The van der Waals surface area contributed by atoms with Crippen molar-refractivity contribution in [3.8, 4) is 6.07 Å². The molecule has 1 aromatic heterocycles. The third kappa shape index (κ3) is 5.04. The normalized spacial score (nSPS) is 11.2. The van der Waals surface area contributed by atoms with Crippen LogP contribution in [0.2, 0.25) is 5.02 Å². The second-order valence-corrected chi connectivity index (χ2v) is 9.16. The van der Waals surface area contributed by atoms with Crippen molar-refractivity contribution in [1.29, 1.82) is 5.26 Å². The minimum Gasteiger partial charge on any atom is -0.381 e. The van der Waals surface area contributed by atoms with Crippen molar-refractivity contribution in [2.45, 2.75) is 11.4 Å². The molecule has 4 rings (SSSR count). The van der Waals surface area contributed by atoms with Crippen molar-refractivity contribution in [2.24, 2.45) is 5.14 Å². The van der Waals surface area contributed by atoms with Crippen molar-refractivity contribution in [3.63, 3.8) is 0 Å². The molecular weight excluding hydrogens is 465 g/mol. The highest BCUT2D eigenvalue weighted by Crippen LogP contribution is 2.32. The third-order valence-corrected chi connectivity index (χ3v) is 6.10. The zero-order valence-corrected chi connectivity index (χ0v) is 18.6. The highest BCUT2D eigenvalue weighted by atomic mass is 35.5. The molecule has 166 valence electrons. The van der Waals surface area contributed by atoms with Crippen molar-refractivity contribution in [3.05, 3.63) is 88.8 Å². The average Bonchev–Trinajstić information content (AvgIpc) is 2.80. The summed E-state index contributed by atoms with van der Waals surface area (Å²) < 4.78 is 36.7. The number of halogens is 2. The summed E-state index contributed by atoms with van der Waals surface area (Å²) in [6, 6.07) is 18.1. The van der Waals surface area contributed by atoms with Gasteiger partial charge in [0.05, 0.1) is 26.7 Å². The summed E-state index contributed by atoms with van der Waals surface area (Å²) in [5, 5.41) is 21.8. The van der Waals surface area contributed by atoms with Crippen LogP contribution in [0.25, 0.3) is 10.9 Å². The molecule has 1 heterocycles. The van der Waals surface area contributed by atoms with Gasteiger partial charge in [0.2, 0.25) is 10.0 Å². The van der Waals surface area contributed by atoms with Crippen LogP contribution in [-0.4, -0.2) is 13.4 Å². The van der Waals surface area contributed by atoms with Gasteiger partial charge in [-0.15, -0.1) is 0 Å². The summed E-state index contributed by atoms with van der Waals surface area (Å²) >= 11 is 5.89. The fourth-order valence-corrected chi connectivity index (χ4v) is 4.04. The van der Waals surface area contributed by atoms with Gasteiger partial charge in [-0.25, -0.2) is 17.9 Å². The quantitative estimate of drug-likeness (QED) is 0.360. The summed E-state index contributed by atoms with van der Waals surface area (Å²) in [5.41, 5.74) is 3.42. The monoisotopic (exact) mass is 481 g/mol.